The molecule has 2 heteroatoms. The minimum atomic E-state index is 1.13. The molecule has 8 rings (SSSR count). The molecule has 0 unspecified atom stereocenters. The highest BCUT2D eigenvalue weighted by atomic mass is 15.2. The summed E-state index contributed by atoms with van der Waals surface area (Å²) in [7, 11) is 1.95. The molecule has 0 bridgehead atoms. The summed E-state index contributed by atoms with van der Waals surface area (Å²) in [5, 5.41) is 12.2. The first-order valence-electron chi connectivity index (χ1n) is 13.7. The van der Waals surface area contributed by atoms with Crippen molar-refractivity contribution in [1.82, 2.24) is 9.78 Å². The fourth-order valence-corrected chi connectivity index (χ4v) is 6.19. The lowest BCUT2D eigenvalue weighted by atomic mass is 9.85. The fourth-order valence-electron chi connectivity index (χ4n) is 6.19. The van der Waals surface area contributed by atoms with E-state index < -0.39 is 0 Å². The first kappa shape index (κ1) is 22.7. The Morgan fingerprint density at radius 1 is 0.450 bits per heavy atom. The van der Waals surface area contributed by atoms with Crippen molar-refractivity contribution in [2.45, 2.75) is 0 Å². The van der Waals surface area contributed by atoms with Gasteiger partial charge in [0, 0.05) is 18.8 Å². The SMILES string of the molecule is Cn1cc(-c2ccc(-c3cc(-c4ccc(-c5ccccc5)cc4)c4ccc5cccc6ccc3c4c56)cc2)cn1. The number of hydrogen-bond acceptors (Lipinski definition) is 1. The van der Waals surface area contributed by atoms with E-state index in [9.17, 15) is 0 Å². The lowest BCUT2D eigenvalue weighted by molar-refractivity contribution is 0.768. The predicted octanol–water partition coefficient (Wildman–Crippen LogP) is 9.99. The molecule has 0 aliphatic heterocycles. The highest BCUT2D eigenvalue weighted by molar-refractivity contribution is 6.28. The Kier molecular flexibility index (Phi) is 5.08. The monoisotopic (exact) mass is 510 g/mol. The first-order chi connectivity index (χ1) is 19.7. The molecule has 0 aliphatic rings. The lowest BCUT2D eigenvalue weighted by Crippen LogP contribution is -1.91. The van der Waals surface area contributed by atoms with Crippen LogP contribution in [0.5, 0.6) is 0 Å². The Labute approximate surface area is 233 Å². The summed E-state index contributed by atoms with van der Waals surface area (Å²) >= 11 is 0. The van der Waals surface area contributed by atoms with Gasteiger partial charge in [0.05, 0.1) is 6.20 Å². The molecule has 188 valence electrons. The second-order valence-corrected chi connectivity index (χ2v) is 10.6. The Bertz CT molecular complexity index is 2120. The summed E-state index contributed by atoms with van der Waals surface area (Å²) in [6.45, 7) is 0. The average molecular weight is 511 g/mol. The van der Waals surface area contributed by atoms with E-state index in [1.807, 2.05) is 17.9 Å². The van der Waals surface area contributed by atoms with Crippen LogP contribution in [0.25, 0.3) is 76.8 Å². The van der Waals surface area contributed by atoms with Crippen molar-refractivity contribution in [2.75, 3.05) is 0 Å². The molecule has 0 atom stereocenters. The number of rotatable bonds is 4. The van der Waals surface area contributed by atoms with Crippen LogP contribution in [-0.4, -0.2) is 9.78 Å². The van der Waals surface area contributed by atoms with Gasteiger partial charge in [-0.3, -0.25) is 4.68 Å². The third kappa shape index (κ3) is 3.61. The molecule has 8 aromatic rings. The topological polar surface area (TPSA) is 17.8 Å². The highest BCUT2D eigenvalue weighted by Gasteiger charge is 2.17. The number of benzene rings is 7. The van der Waals surface area contributed by atoms with E-state index in [1.165, 1.54) is 71.3 Å². The third-order valence-corrected chi connectivity index (χ3v) is 8.18. The molecule has 0 saturated heterocycles. The van der Waals surface area contributed by atoms with E-state index in [0.717, 1.165) is 5.56 Å². The molecule has 0 spiro atoms. The van der Waals surface area contributed by atoms with Crippen LogP contribution in [0.3, 0.4) is 0 Å². The van der Waals surface area contributed by atoms with Crippen molar-refractivity contribution in [3.05, 3.63) is 140 Å². The second kappa shape index (κ2) is 8.93. The smallest absolute Gasteiger partial charge is 0.0568 e. The van der Waals surface area contributed by atoms with Gasteiger partial charge in [0.25, 0.3) is 0 Å². The van der Waals surface area contributed by atoms with E-state index in [-0.39, 0.29) is 0 Å². The molecule has 0 aliphatic carbocycles. The van der Waals surface area contributed by atoms with Gasteiger partial charge in [0.2, 0.25) is 0 Å². The van der Waals surface area contributed by atoms with Gasteiger partial charge in [-0.2, -0.15) is 5.10 Å². The molecule has 1 aromatic heterocycles. The van der Waals surface area contributed by atoms with Crippen LogP contribution >= 0.6 is 0 Å². The summed E-state index contributed by atoms with van der Waals surface area (Å²) < 4.78 is 1.85. The van der Waals surface area contributed by atoms with Gasteiger partial charge in [-0.1, -0.05) is 121 Å². The van der Waals surface area contributed by atoms with E-state index in [2.05, 4.69) is 139 Å². The van der Waals surface area contributed by atoms with Crippen molar-refractivity contribution in [3.63, 3.8) is 0 Å². The van der Waals surface area contributed by atoms with E-state index in [1.54, 1.807) is 0 Å². The molecule has 40 heavy (non-hydrogen) atoms. The first-order valence-corrected chi connectivity index (χ1v) is 13.7. The molecule has 0 N–H and O–H groups in total. The van der Waals surface area contributed by atoms with E-state index >= 15 is 0 Å². The summed E-state index contributed by atoms with van der Waals surface area (Å²) in [5.74, 6) is 0. The van der Waals surface area contributed by atoms with Crippen LogP contribution in [0.15, 0.2) is 140 Å². The van der Waals surface area contributed by atoms with Gasteiger partial charge in [0.15, 0.2) is 0 Å². The van der Waals surface area contributed by atoms with Crippen LogP contribution < -0.4 is 0 Å². The Morgan fingerprint density at radius 3 is 1.52 bits per heavy atom. The van der Waals surface area contributed by atoms with Crippen LogP contribution in [0.1, 0.15) is 0 Å². The minimum Gasteiger partial charge on any atom is -0.275 e. The quantitative estimate of drug-likeness (QED) is 0.215. The molecule has 0 fully saturated rings. The van der Waals surface area contributed by atoms with Crippen molar-refractivity contribution in [3.8, 4) is 44.5 Å². The Balaban J connectivity index is 1.36. The second-order valence-electron chi connectivity index (χ2n) is 10.6. The highest BCUT2D eigenvalue weighted by Crippen LogP contribution is 2.44. The molecule has 0 amide bonds. The van der Waals surface area contributed by atoms with E-state index in [0.29, 0.717) is 0 Å². The number of aryl methyl sites for hydroxylation is 1. The van der Waals surface area contributed by atoms with Gasteiger partial charge < -0.3 is 0 Å². The number of nitrogens with zero attached hydrogens (tertiary/aromatic N) is 2. The Morgan fingerprint density at radius 2 is 0.975 bits per heavy atom. The van der Waals surface area contributed by atoms with Gasteiger partial charge in [0.1, 0.15) is 0 Å². The molecule has 2 nitrogen and oxygen atoms in total. The maximum Gasteiger partial charge on any atom is 0.0568 e. The number of hydrogen-bond donors (Lipinski definition) is 0. The van der Waals surface area contributed by atoms with Crippen molar-refractivity contribution in [1.29, 1.82) is 0 Å². The summed E-state index contributed by atoms with van der Waals surface area (Å²) in [5.41, 5.74) is 9.72. The fraction of sp³-hybridized carbons (Fsp3) is 0.0263. The van der Waals surface area contributed by atoms with Crippen LogP contribution in [0.2, 0.25) is 0 Å². The molecule has 1 heterocycles. The van der Waals surface area contributed by atoms with Crippen molar-refractivity contribution < 1.29 is 0 Å². The zero-order valence-corrected chi connectivity index (χ0v) is 22.2. The summed E-state index contributed by atoms with van der Waals surface area (Å²) in [4.78, 5) is 0. The standard InChI is InChI=1S/C38H26N2/c1-40-24-32(23-39-40)27-12-16-29(17-13-27)36-22-35(28-14-10-26(11-15-28)25-6-3-2-4-7-25)33-20-18-30-8-5-9-31-19-21-34(36)38(33)37(30)31/h2-24H,1H3. The molecule has 7 aromatic carbocycles. The largest absolute Gasteiger partial charge is 0.275 e. The molecular weight excluding hydrogens is 484 g/mol. The van der Waals surface area contributed by atoms with E-state index in [4.69, 9.17) is 0 Å². The zero-order chi connectivity index (χ0) is 26.6. The van der Waals surface area contributed by atoms with Crippen LogP contribution in [0.4, 0.5) is 0 Å². The molecule has 0 radical (unpaired) electrons. The predicted molar refractivity (Wildman–Crippen MR) is 169 cm³/mol. The maximum absolute atomic E-state index is 4.35. The molecule has 0 saturated carbocycles. The molecular formula is C38H26N2. The van der Waals surface area contributed by atoms with Crippen molar-refractivity contribution in [2.24, 2.45) is 7.05 Å². The Hall–Kier alpha value is -5.21. The van der Waals surface area contributed by atoms with Gasteiger partial charge in [-0.05, 0) is 77.3 Å². The van der Waals surface area contributed by atoms with Crippen LogP contribution in [0, 0.1) is 0 Å². The maximum atomic E-state index is 4.35. The minimum absolute atomic E-state index is 1.13. The van der Waals surface area contributed by atoms with Gasteiger partial charge in [-0.25, -0.2) is 0 Å². The van der Waals surface area contributed by atoms with Gasteiger partial charge in [-0.15, -0.1) is 0 Å². The normalized spacial score (nSPS) is 11.6. The number of aromatic nitrogens is 2. The summed E-state index contributed by atoms with van der Waals surface area (Å²) in [6.07, 6.45) is 3.98. The summed E-state index contributed by atoms with van der Waals surface area (Å²) in [6, 6.07) is 46.7. The third-order valence-electron chi connectivity index (χ3n) is 8.18. The van der Waals surface area contributed by atoms with Gasteiger partial charge >= 0.3 is 0 Å². The average Bonchev–Trinajstić information content (AvgIpc) is 3.46. The lowest BCUT2D eigenvalue weighted by Gasteiger charge is -2.18. The zero-order valence-electron chi connectivity index (χ0n) is 22.2. The van der Waals surface area contributed by atoms with Crippen LogP contribution in [-0.2, 0) is 7.05 Å². The van der Waals surface area contributed by atoms with Crippen molar-refractivity contribution >= 4 is 32.3 Å².